The number of carbonyl (C=O) groups excluding carboxylic acids is 1. The van der Waals surface area contributed by atoms with Crippen molar-refractivity contribution in [3.05, 3.63) is 94.7 Å². The van der Waals surface area contributed by atoms with Crippen LogP contribution in [0, 0.1) is 0 Å². The van der Waals surface area contributed by atoms with Crippen LogP contribution >= 0.6 is 0 Å². The van der Waals surface area contributed by atoms with Gasteiger partial charge in [0.1, 0.15) is 17.2 Å². The first-order valence-corrected chi connectivity index (χ1v) is 8.17. The average Bonchev–Trinajstić information content (AvgIpc) is 3.34. The van der Waals surface area contributed by atoms with Crippen molar-refractivity contribution >= 4 is 16.7 Å². The third-order valence-electron chi connectivity index (χ3n) is 4.12. The minimum Gasteiger partial charge on any atom is -0.467 e. The van der Waals surface area contributed by atoms with Crippen molar-refractivity contribution in [2.24, 2.45) is 0 Å². The Morgan fingerprint density at radius 2 is 1.58 bits per heavy atom. The Morgan fingerprint density at radius 1 is 0.923 bits per heavy atom. The molecule has 1 N–H and O–H groups in total. The third kappa shape index (κ3) is 3.17. The molecule has 1 amide bonds. The molecule has 0 atom stereocenters. The number of nitrogens with zero attached hydrogens (tertiary/aromatic N) is 1. The summed E-state index contributed by atoms with van der Waals surface area (Å²) in [5, 5.41) is 1.27. The molecule has 0 spiro atoms. The summed E-state index contributed by atoms with van der Waals surface area (Å²) in [5.41, 5.74) is -0.0609. The van der Waals surface area contributed by atoms with E-state index in [1.54, 1.807) is 59.9 Å². The minimum absolute atomic E-state index is 0.229. The van der Waals surface area contributed by atoms with Gasteiger partial charge in [-0.25, -0.2) is 0 Å². The molecule has 0 aliphatic rings. The van der Waals surface area contributed by atoms with Crippen LogP contribution in [0.3, 0.4) is 0 Å². The van der Waals surface area contributed by atoms with E-state index in [1.807, 2.05) is 12.1 Å². The Labute approximate surface area is 148 Å². The maximum atomic E-state index is 13.1. The third-order valence-corrected chi connectivity index (χ3v) is 4.12. The SMILES string of the molecule is O=C(c1cc2ccccc2c(=O)[nH]1)N(Cc1ccco1)Cc1ccco1. The Morgan fingerprint density at radius 3 is 2.19 bits per heavy atom. The van der Waals surface area contributed by atoms with Crippen LogP contribution in [-0.2, 0) is 13.1 Å². The molecule has 4 rings (SSSR count). The summed E-state index contributed by atoms with van der Waals surface area (Å²) in [4.78, 5) is 29.6. The molecule has 0 bridgehead atoms. The number of benzene rings is 1. The van der Waals surface area contributed by atoms with Gasteiger partial charge in [0.15, 0.2) is 0 Å². The highest BCUT2D eigenvalue weighted by Gasteiger charge is 2.20. The molecular weight excluding hydrogens is 332 g/mol. The Kier molecular flexibility index (Phi) is 4.15. The lowest BCUT2D eigenvalue weighted by atomic mass is 10.1. The number of hydrogen-bond acceptors (Lipinski definition) is 4. The minimum atomic E-state index is -0.305. The molecule has 1 aromatic carbocycles. The lowest BCUT2D eigenvalue weighted by Crippen LogP contribution is -2.31. The average molecular weight is 348 g/mol. The van der Waals surface area contributed by atoms with Gasteiger partial charge in [-0.1, -0.05) is 18.2 Å². The van der Waals surface area contributed by atoms with Gasteiger partial charge in [0.2, 0.25) is 0 Å². The highest BCUT2D eigenvalue weighted by Crippen LogP contribution is 2.16. The van der Waals surface area contributed by atoms with Crippen molar-refractivity contribution in [3.63, 3.8) is 0 Å². The second-order valence-corrected chi connectivity index (χ2v) is 5.92. The molecule has 6 nitrogen and oxygen atoms in total. The highest BCUT2D eigenvalue weighted by atomic mass is 16.3. The van der Waals surface area contributed by atoms with Crippen molar-refractivity contribution in [2.45, 2.75) is 13.1 Å². The first-order valence-electron chi connectivity index (χ1n) is 8.17. The maximum Gasteiger partial charge on any atom is 0.271 e. The lowest BCUT2D eigenvalue weighted by molar-refractivity contribution is 0.0699. The van der Waals surface area contributed by atoms with Gasteiger partial charge in [-0.05, 0) is 41.8 Å². The molecule has 6 heteroatoms. The Bertz CT molecular complexity index is 1040. The van der Waals surface area contributed by atoms with Crippen molar-refractivity contribution in [2.75, 3.05) is 0 Å². The summed E-state index contributed by atoms with van der Waals surface area (Å²) < 4.78 is 10.7. The second-order valence-electron chi connectivity index (χ2n) is 5.92. The number of rotatable bonds is 5. The summed E-state index contributed by atoms with van der Waals surface area (Å²) in [5.74, 6) is 0.988. The predicted octanol–water partition coefficient (Wildman–Crippen LogP) is 3.56. The number of hydrogen-bond donors (Lipinski definition) is 1. The van der Waals surface area contributed by atoms with Crippen LogP contribution in [0.2, 0.25) is 0 Å². The quantitative estimate of drug-likeness (QED) is 0.598. The Balaban J connectivity index is 1.70. The van der Waals surface area contributed by atoms with E-state index >= 15 is 0 Å². The number of carbonyl (C=O) groups is 1. The largest absolute Gasteiger partial charge is 0.467 e. The van der Waals surface area contributed by atoms with E-state index < -0.39 is 0 Å². The fourth-order valence-electron chi connectivity index (χ4n) is 2.88. The van der Waals surface area contributed by atoms with Gasteiger partial charge in [-0.2, -0.15) is 0 Å². The van der Waals surface area contributed by atoms with Gasteiger partial charge in [0.05, 0.1) is 25.6 Å². The van der Waals surface area contributed by atoms with Gasteiger partial charge in [-0.3, -0.25) is 9.59 Å². The number of aromatic amines is 1. The molecular formula is C20H16N2O4. The van der Waals surface area contributed by atoms with Gasteiger partial charge < -0.3 is 18.7 Å². The van der Waals surface area contributed by atoms with E-state index in [0.717, 1.165) is 5.39 Å². The normalized spacial score (nSPS) is 10.9. The number of fused-ring (bicyclic) bond motifs is 1. The van der Waals surface area contributed by atoms with Crippen molar-refractivity contribution in [1.82, 2.24) is 9.88 Å². The second kappa shape index (κ2) is 6.76. The molecule has 3 heterocycles. The number of pyridine rings is 1. The zero-order valence-electron chi connectivity index (χ0n) is 13.8. The van der Waals surface area contributed by atoms with Crippen molar-refractivity contribution in [3.8, 4) is 0 Å². The standard InChI is InChI=1S/C20H16N2O4/c23-19-17-8-2-1-5-14(17)11-18(21-19)20(24)22(12-15-6-3-9-25-15)13-16-7-4-10-26-16/h1-11H,12-13H2,(H,21,23). The fraction of sp³-hybridized carbons (Fsp3) is 0.100. The molecule has 0 saturated heterocycles. The van der Waals surface area contributed by atoms with E-state index in [4.69, 9.17) is 8.83 Å². The predicted molar refractivity (Wildman–Crippen MR) is 95.6 cm³/mol. The van der Waals surface area contributed by atoms with E-state index in [1.165, 1.54) is 0 Å². The number of aromatic nitrogens is 1. The Hall–Kier alpha value is -3.54. The van der Waals surface area contributed by atoms with Crippen molar-refractivity contribution < 1.29 is 13.6 Å². The van der Waals surface area contributed by atoms with Crippen LogP contribution < -0.4 is 5.56 Å². The summed E-state index contributed by atoms with van der Waals surface area (Å²) >= 11 is 0. The van der Waals surface area contributed by atoms with Crippen molar-refractivity contribution in [1.29, 1.82) is 0 Å². The molecule has 0 saturated carbocycles. The van der Waals surface area contributed by atoms with E-state index in [-0.39, 0.29) is 30.2 Å². The molecule has 0 fully saturated rings. The fourth-order valence-corrected chi connectivity index (χ4v) is 2.88. The summed E-state index contributed by atoms with van der Waals surface area (Å²) in [6.45, 7) is 0.531. The first kappa shape index (κ1) is 16.0. The van der Waals surface area contributed by atoms with E-state index in [0.29, 0.717) is 16.9 Å². The molecule has 0 aliphatic heterocycles. The van der Waals surface area contributed by atoms with Gasteiger partial charge in [0, 0.05) is 5.39 Å². The maximum absolute atomic E-state index is 13.1. The van der Waals surface area contributed by atoms with Gasteiger partial charge >= 0.3 is 0 Å². The van der Waals surface area contributed by atoms with Crippen LogP contribution in [0.4, 0.5) is 0 Å². The molecule has 3 aromatic heterocycles. The number of H-pyrrole nitrogens is 1. The first-order chi connectivity index (χ1) is 12.7. The molecule has 130 valence electrons. The summed E-state index contributed by atoms with van der Waals surface area (Å²) in [6, 6.07) is 16.0. The number of nitrogens with one attached hydrogen (secondary N) is 1. The number of furan rings is 2. The van der Waals surface area contributed by atoms with Crippen LogP contribution in [0.25, 0.3) is 10.8 Å². The van der Waals surface area contributed by atoms with Crippen LogP contribution in [0.5, 0.6) is 0 Å². The van der Waals surface area contributed by atoms with Crippen LogP contribution in [-0.4, -0.2) is 15.8 Å². The van der Waals surface area contributed by atoms with Gasteiger partial charge in [-0.15, -0.1) is 0 Å². The van der Waals surface area contributed by atoms with E-state index in [2.05, 4.69) is 4.98 Å². The molecule has 0 unspecified atom stereocenters. The van der Waals surface area contributed by atoms with Crippen LogP contribution in [0.1, 0.15) is 22.0 Å². The summed E-state index contributed by atoms with van der Waals surface area (Å²) in [7, 11) is 0. The molecule has 4 aromatic rings. The molecule has 0 aliphatic carbocycles. The van der Waals surface area contributed by atoms with Crippen LogP contribution in [0.15, 0.2) is 80.8 Å². The zero-order valence-corrected chi connectivity index (χ0v) is 13.8. The lowest BCUT2D eigenvalue weighted by Gasteiger charge is -2.20. The van der Waals surface area contributed by atoms with Gasteiger partial charge in [0.25, 0.3) is 11.5 Å². The zero-order chi connectivity index (χ0) is 17.9. The number of amides is 1. The van der Waals surface area contributed by atoms with E-state index in [9.17, 15) is 9.59 Å². The monoisotopic (exact) mass is 348 g/mol. The smallest absolute Gasteiger partial charge is 0.271 e. The topological polar surface area (TPSA) is 79.5 Å². The molecule has 26 heavy (non-hydrogen) atoms. The molecule has 0 radical (unpaired) electrons. The summed E-state index contributed by atoms with van der Waals surface area (Å²) in [6.07, 6.45) is 3.12. The highest BCUT2D eigenvalue weighted by molar-refractivity contribution is 5.96.